The standard InChI is InChI=1S/C24H34F2N6O6S/c1-11-17-16(12(2)29-21(34)20(25)26)23(36)31(17)18(24(37)38)19(11)39-13-8-14(28-9-13)22(35)30-4-6-32(3,7-5-30)10-15(27)33/h11-14,16-17,20,28H,4-10H2,1-3H3,(H3-,27,29,33,34,37,38)/p+1/t11-,12?,13+,14+,16-,17-/m1/s1. The maximum Gasteiger partial charge on any atom is 0.353 e. The second-order valence-corrected chi connectivity index (χ2v) is 12.4. The minimum absolute atomic E-state index is 0.0435. The number of nitrogens with two attached hydrogens (primary N) is 1. The van der Waals surface area contributed by atoms with E-state index < -0.39 is 48.3 Å². The van der Waals surface area contributed by atoms with Crippen molar-refractivity contribution in [3.05, 3.63) is 10.6 Å². The molecule has 0 bridgehead atoms. The number of thioether (sulfide) groups is 1. The molecule has 3 saturated heterocycles. The highest BCUT2D eigenvalue weighted by atomic mass is 32.2. The number of carbonyl (C=O) groups is 5. The number of nitrogens with zero attached hydrogens (tertiary/aromatic N) is 3. The van der Waals surface area contributed by atoms with Crippen molar-refractivity contribution in [2.24, 2.45) is 17.6 Å². The molecule has 5 N–H and O–H groups in total. The van der Waals surface area contributed by atoms with E-state index in [1.807, 2.05) is 7.05 Å². The normalized spacial score (nSPS) is 30.7. The number of hydrogen-bond donors (Lipinski definition) is 4. The van der Waals surface area contributed by atoms with Gasteiger partial charge in [0, 0.05) is 28.7 Å². The fourth-order valence-corrected chi connectivity index (χ4v) is 7.64. The van der Waals surface area contributed by atoms with Gasteiger partial charge in [0.1, 0.15) is 5.70 Å². The highest BCUT2D eigenvalue weighted by Crippen LogP contribution is 2.51. The van der Waals surface area contributed by atoms with Crippen molar-refractivity contribution in [3.8, 4) is 0 Å². The highest BCUT2D eigenvalue weighted by Gasteiger charge is 2.60. The molecule has 39 heavy (non-hydrogen) atoms. The number of carboxylic acid groups (broad SMARTS) is 1. The number of fused-ring (bicyclic) bond motifs is 1. The average molecular weight is 574 g/mol. The fraction of sp³-hybridized carbons (Fsp3) is 0.708. The van der Waals surface area contributed by atoms with E-state index in [9.17, 15) is 37.9 Å². The third-order valence-corrected chi connectivity index (χ3v) is 9.76. The van der Waals surface area contributed by atoms with Gasteiger partial charge in [-0.15, -0.1) is 11.8 Å². The van der Waals surface area contributed by atoms with Gasteiger partial charge < -0.3 is 35.8 Å². The van der Waals surface area contributed by atoms with Gasteiger partial charge in [0.2, 0.25) is 11.8 Å². The van der Waals surface area contributed by atoms with Gasteiger partial charge in [0.25, 0.3) is 11.8 Å². The summed E-state index contributed by atoms with van der Waals surface area (Å²) in [6.45, 7) is 6.19. The van der Waals surface area contributed by atoms with Gasteiger partial charge in [-0.05, 0) is 13.3 Å². The predicted octanol–water partition coefficient (Wildman–Crippen LogP) is -1.23. The Balaban J connectivity index is 1.38. The summed E-state index contributed by atoms with van der Waals surface area (Å²) in [4.78, 5) is 64.5. The highest BCUT2D eigenvalue weighted by molar-refractivity contribution is 8.03. The van der Waals surface area contributed by atoms with Gasteiger partial charge in [-0.2, -0.15) is 8.78 Å². The Morgan fingerprint density at radius 2 is 1.90 bits per heavy atom. The molecule has 4 aliphatic heterocycles. The first-order valence-corrected chi connectivity index (χ1v) is 13.8. The monoisotopic (exact) mass is 573 g/mol. The van der Waals surface area contributed by atoms with Gasteiger partial charge in [-0.25, -0.2) is 4.79 Å². The van der Waals surface area contributed by atoms with Crippen molar-refractivity contribution in [2.45, 2.75) is 50.1 Å². The lowest BCUT2D eigenvalue weighted by atomic mass is 9.78. The predicted molar refractivity (Wildman–Crippen MR) is 136 cm³/mol. The largest absolute Gasteiger partial charge is 0.477 e. The maximum absolute atomic E-state index is 13.2. The van der Waals surface area contributed by atoms with E-state index in [-0.39, 0.29) is 35.2 Å². The number of carbonyl (C=O) groups excluding carboxylic acids is 4. The van der Waals surface area contributed by atoms with Crippen LogP contribution in [0.4, 0.5) is 8.78 Å². The van der Waals surface area contributed by atoms with E-state index in [1.54, 1.807) is 11.8 Å². The van der Waals surface area contributed by atoms with Crippen molar-refractivity contribution in [3.63, 3.8) is 0 Å². The topological polar surface area (TPSA) is 162 Å². The zero-order chi connectivity index (χ0) is 28.8. The molecule has 4 amide bonds. The summed E-state index contributed by atoms with van der Waals surface area (Å²) in [6, 6.07) is -1.88. The van der Waals surface area contributed by atoms with Gasteiger partial charge >= 0.3 is 12.4 Å². The molecule has 0 radical (unpaired) electrons. The molecule has 0 aromatic heterocycles. The third-order valence-electron chi connectivity index (χ3n) is 8.25. The zero-order valence-corrected chi connectivity index (χ0v) is 22.9. The number of rotatable bonds is 9. The number of quaternary nitrogens is 1. The number of nitrogens with one attached hydrogen (secondary N) is 2. The maximum atomic E-state index is 13.2. The second kappa shape index (κ2) is 11.0. The van der Waals surface area contributed by atoms with Crippen LogP contribution in [0.15, 0.2) is 10.6 Å². The molecule has 0 saturated carbocycles. The molecule has 216 valence electrons. The van der Waals surface area contributed by atoms with Crippen molar-refractivity contribution < 1.29 is 42.3 Å². The summed E-state index contributed by atoms with van der Waals surface area (Å²) in [5.41, 5.74) is 5.23. The van der Waals surface area contributed by atoms with Gasteiger partial charge in [-0.1, -0.05) is 6.92 Å². The van der Waals surface area contributed by atoms with Crippen LogP contribution < -0.4 is 16.4 Å². The molecule has 12 nitrogen and oxygen atoms in total. The first-order chi connectivity index (χ1) is 18.2. The number of amides is 4. The van der Waals surface area contributed by atoms with Crippen LogP contribution in [0.25, 0.3) is 0 Å². The molecule has 1 unspecified atom stereocenters. The van der Waals surface area contributed by atoms with E-state index >= 15 is 0 Å². The molecule has 0 spiro atoms. The fourth-order valence-electron chi connectivity index (χ4n) is 6.16. The second-order valence-electron chi connectivity index (χ2n) is 11.1. The van der Waals surface area contributed by atoms with E-state index in [4.69, 9.17) is 5.73 Å². The smallest absolute Gasteiger partial charge is 0.353 e. The molecule has 0 aromatic carbocycles. The Kier molecular flexibility index (Phi) is 8.24. The van der Waals surface area contributed by atoms with Crippen LogP contribution in [0.5, 0.6) is 0 Å². The number of piperazine rings is 1. The Bertz CT molecular complexity index is 1100. The number of β-lactam (4-membered cyclic amide) rings is 1. The SMILES string of the molecule is CC(NC(=O)C(F)F)[C@H]1C(=O)N2C(C(=O)O)=C(S[C@@H]3CN[C@H](C(=O)N4CC[N+](C)(CC(N)=O)CC4)C3)[C@H](C)[C@H]12. The average Bonchev–Trinajstić information content (AvgIpc) is 3.40. The van der Waals surface area contributed by atoms with Crippen LogP contribution in [0.1, 0.15) is 20.3 Å². The van der Waals surface area contributed by atoms with Crippen LogP contribution in [-0.4, -0.2) is 125 Å². The van der Waals surface area contributed by atoms with Crippen LogP contribution in [0.2, 0.25) is 0 Å². The minimum Gasteiger partial charge on any atom is -0.477 e. The van der Waals surface area contributed by atoms with Gasteiger partial charge in [0.05, 0.1) is 51.2 Å². The molecule has 6 atom stereocenters. The minimum atomic E-state index is -3.22. The Morgan fingerprint density at radius 1 is 1.26 bits per heavy atom. The summed E-state index contributed by atoms with van der Waals surface area (Å²) in [7, 11) is 1.94. The number of halogens is 2. The van der Waals surface area contributed by atoms with Crippen molar-refractivity contribution in [1.29, 1.82) is 0 Å². The molecule has 0 aliphatic carbocycles. The van der Waals surface area contributed by atoms with Crippen LogP contribution in [0.3, 0.4) is 0 Å². The Hall–Kier alpha value is -2.78. The molecular formula is C24H35F2N6O6S+. The summed E-state index contributed by atoms with van der Waals surface area (Å²) >= 11 is 1.33. The van der Waals surface area contributed by atoms with Crippen LogP contribution in [-0.2, 0) is 24.0 Å². The van der Waals surface area contributed by atoms with Crippen LogP contribution in [0, 0.1) is 11.8 Å². The Labute approximate surface area is 228 Å². The zero-order valence-electron chi connectivity index (χ0n) is 22.1. The van der Waals surface area contributed by atoms with Crippen molar-refractivity contribution in [2.75, 3.05) is 46.3 Å². The molecular weight excluding hydrogens is 538 g/mol. The Morgan fingerprint density at radius 3 is 2.46 bits per heavy atom. The first-order valence-electron chi connectivity index (χ1n) is 12.9. The summed E-state index contributed by atoms with van der Waals surface area (Å²) < 4.78 is 25.9. The molecule has 4 aliphatic rings. The molecule has 4 rings (SSSR count). The lowest BCUT2D eigenvalue weighted by Gasteiger charge is -2.47. The number of primary amides is 1. The first kappa shape index (κ1) is 29.2. The molecule has 15 heteroatoms. The van der Waals surface area contributed by atoms with E-state index in [0.29, 0.717) is 48.5 Å². The van der Waals surface area contributed by atoms with Gasteiger partial charge in [0.15, 0.2) is 6.54 Å². The third kappa shape index (κ3) is 5.61. The molecule has 0 aromatic rings. The van der Waals surface area contributed by atoms with E-state index in [0.717, 1.165) is 0 Å². The number of carboxylic acids is 1. The number of hydrogen-bond acceptors (Lipinski definition) is 7. The summed E-state index contributed by atoms with van der Waals surface area (Å²) in [6.07, 6.45) is -2.74. The van der Waals surface area contributed by atoms with Gasteiger partial charge in [-0.3, -0.25) is 19.2 Å². The van der Waals surface area contributed by atoms with Crippen molar-refractivity contribution >= 4 is 41.4 Å². The number of alkyl halides is 2. The van der Waals surface area contributed by atoms with E-state index in [1.165, 1.54) is 23.6 Å². The number of aliphatic carboxylic acids is 1. The lowest BCUT2D eigenvalue weighted by molar-refractivity contribution is -0.905. The summed E-state index contributed by atoms with van der Waals surface area (Å²) in [5.74, 6) is -4.87. The molecule has 3 fully saturated rings. The quantitative estimate of drug-likeness (QED) is 0.197. The lowest BCUT2D eigenvalue weighted by Crippen LogP contribution is -2.66. The number of likely N-dealkylation sites (N-methyl/N-ethyl adjacent to an activating group) is 1. The van der Waals surface area contributed by atoms with Crippen LogP contribution >= 0.6 is 11.8 Å². The summed E-state index contributed by atoms with van der Waals surface area (Å²) in [5, 5.41) is 15.2. The van der Waals surface area contributed by atoms with E-state index in [2.05, 4.69) is 10.6 Å². The van der Waals surface area contributed by atoms with Crippen molar-refractivity contribution in [1.82, 2.24) is 20.4 Å². The molecule has 4 heterocycles.